The Balaban J connectivity index is 1.49. The monoisotopic (exact) mass is 362 g/mol. The second-order valence-electron chi connectivity index (χ2n) is 6.77. The van der Waals surface area contributed by atoms with Crippen molar-refractivity contribution in [3.63, 3.8) is 0 Å². The average molecular weight is 362 g/mol. The van der Waals surface area contributed by atoms with Gasteiger partial charge < -0.3 is 9.30 Å². The van der Waals surface area contributed by atoms with Crippen LogP contribution in [-0.2, 0) is 0 Å². The minimum Gasteiger partial charge on any atom is -0.328 e. The van der Waals surface area contributed by atoms with Crippen LogP contribution in [0.15, 0.2) is 48.8 Å². The molecule has 4 aromatic rings. The minimum absolute atomic E-state index is 0.00638. The lowest BCUT2D eigenvalue weighted by Gasteiger charge is -2.22. The first-order valence-electron chi connectivity index (χ1n) is 8.81. The number of amides is 1. The van der Waals surface area contributed by atoms with Crippen LogP contribution < -0.4 is 0 Å². The van der Waals surface area contributed by atoms with Gasteiger partial charge >= 0.3 is 0 Å². The molecule has 0 unspecified atom stereocenters. The summed E-state index contributed by atoms with van der Waals surface area (Å²) in [4.78, 5) is 24.4. The molecule has 1 aromatic carbocycles. The highest BCUT2D eigenvalue weighted by Gasteiger charge is 2.33. The molecular formula is C20H18N4OS. The maximum atomic E-state index is 13.1. The van der Waals surface area contributed by atoms with Crippen LogP contribution in [-0.4, -0.2) is 31.7 Å². The number of thiazole rings is 1. The molecule has 0 saturated carbocycles. The molecule has 1 amide bonds. The fourth-order valence-electron chi connectivity index (χ4n) is 3.63. The zero-order chi connectivity index (χ0) is 17.7. The van der Waals surface area contributed by atoms with Crippen molar-refractivity contribution in [2.75, 3.05) is 6.54 Å². The molecule has 1 fully saturated rings. The lowest BCUT2D eigenvalue weighted by Crippen LogP contribution is -2.30. The van der Waals surface area contributed by atoms with E-state index >= 15 is 0 Å². The Morgan fingerprint density at radius 2 is 2.12 bits per heavy atom. The van der Waals surface area contributed by atoms with Gasteiger partial charge in [-0.15, -0.1) is 11.3 Å². The topological polar surface area (TPSA) is 50.5 Å². The predicted molar refractivity (Wildman–Crippen MR) is 103 cm³/mol. The summed E-state index contributed by atoms with van der Waals surface area (Å²) in [6, 6.07) is 12.2. The first-order chi connectivity index (χ1) is 12.7. The molecule has 0 radical (unpaired) electrons. The van der Waals surface area contributed by atoms with Crippen LogP contribution in [0.1, 0.15) is 39.9 Å². The third-order valence-corrected chi connectivity index (χ3v) is 6.08. The van der Waals surface area contributed by atoms with E-state index < -0.39 is 0 Å². The van der Waals surface area contributed by atoms with Gasteiger partial charge in [0.15, 0.2) is 0 Å². The van der Waals surface area contributed by atoms with Gasteiger partial charge in [0.25, 0.3) is 5.91 Å². The number of hydrogen-bond donors (Lipinski definition) is 0. The zero-order valence-electron chi connectivity index (χ0n) is 14.4. The summed E-state index contributed by atoms with van der Waals surface area (Å²) in [5, 5.41) is 1.02. The Bertz CT molecular complexity index is 1100. The van der Waals surface area contributed by atoms with Crippen LogP contribution in [0.4, 0.5) is 0 Å². The number of carbonyl (C=O) groups excluding carboxylic acids is 1. The highest BCUT2D eigenvalue weighted by Crippen LogP contribution is 2.37. The van der Waals surface area contributed by atoms with Crippen molar-refractivity contribution in [1.82, 2.24) is 19.3 Å². The van der Waals surface area contributed by atoms with Gasteiger partial charge in [0.2, 0.25) is 0 Å². The SMILES string of the molecule is Cc1ccn2cc(C(=O)N3CCC[C@@H]3c3nc4ccccc4s3)nc2c1. The minimum atomic E-state index is -0.00638. The van der Waals surface area contributed by atoms with Crippen LogP contribution in [0.2, 0.25) is 0 Å². The number of benzene rings is 1. The van der Waals surface area contributed by atoms with Crippen LogP contribution in [0.3, 0.4) is 0 Å². The van der Waals surface area contributed by atoms with E-state index in [-0.39, 0.29) is 11.9 Å². The fraction of sp³-hybridized carbons (Fsp3) is 0.250. The quantitative estimate of drug-likeness (QED) is 0.536. The van der Waals surface area contributed by atoms with Gasteiger partial charge in [-0.05, 0) is 49.6 Å². The number of hydrogen-bond acceptors (Lipinski definition) is 4. The number of imidazole rings is 1. The molecule has 0 spiro atoms. The predicted octanol–water partition coefficient (Wildman–Crippen LogP) is 4.23. The number of fused-ring (bicyclic) bond motifs is 2. The van der Waals surface area contributed by atoms with E-state index in [4.69, 9.17) is 4.98 Å². The number of aromatic nitrogens is 3. The van der Waals surface area contributed by atoms with Crippen LogP contribution >= 0.6 is 11.3 Å². The van der Waals surface area contributed by atoms with E-state index in [0.29, 0.717) is 5.69 Å². The summed E-state index contributed by atoms with van der Waals surface area (Å²) in [6.07, 6.45) is 5.73. The summed E-state index contributed by atoms with van der Waals surface area (Å²) < 4.78 is 3.08. The van der Waals surface area contributed by atoms with E-state index in [2.05, 4.69) is 11.1 Å². The number of nitrogens with zero attached hydrogens (tertiary/aromatic N) is 4. The Morgan fingerprint density at radius 3 is 3.00 bits per heavy atom. The summed E-state index contributed by atoms with van der Waals surface area (Å²) in [7, 11) is 0. The Morgan fingerprint density at radius 1 is 1.23 bits per heavy atom. The van der Waals surface area contributed by atoms with Gasteiger partial charge in [-0.1, -0.05) is 12.1 Å². The molecule has 0 N–H and O–H groups in total. The van der Waals surface area contributed by atoms with Crippen LogP contribution in [0.25, 0.3) is 15.9 Å². The lowest BCUT2D eigenvalue weighted by atomic mass is 10.2. The van der Waals surface area contributed by atoms with Crippen molar-refractivity contribution in [2.45, 2.75) is 25.8 Å². The normalized spacial score (nSPS) is 17.4. The summed E-state index contributed by atoms with van der Waals surface area (Å²) in [5.41, 5.74) is 3.46. The maximum absolute atomic E-state index is 13.1. The molecular weight excluding hydrogens is 344 g/mol. The van der Waals surface area contributed by atoms with Crippen molar-refractivity contribution in [3.05, 3.63) is 65.1 Å². The van der Waals surface area contributed by atoms with Gasteiger partial charge in [-0.3, -0.25) is 4.79 Å². The maximum Gasteiger partial charge on any atom is 0.274 e. The van der Waals surface area contributed by atoms with Gasteiger partial charge in [0, 0.05) is 18.9 Å². The number of carbonyl (C=O) groups is 1. The molecule has 4 heterocycles. The number of likely N-dealkylation sites (tertiary alicyclic amines) is 1. The van der Waals surface area contributed by atoms with Crippen LogP contribution in [0, 0.1) is 6.92 Å². The van der Waals surface area contributed by atoms with E-state index in [1.165, 1.54) is 4.70 Å². The molecule has 6 heteroatoms. The molecule has 1 atom stereocenters. The molecule has 0 aliphatic carbocycles. The van der Waals surface area contributed by atoms with Gasteiger partial charge in [-0.25, -0.2) is 9.97 Å². The Labute approximate surface area is 154 Å². The number of aryl methyl sites for hydroxylation is 1. The smallest absolute Gasteiger partial charge is 0.274 e. The molecule has 130 valence electrons. The number of para-hydroxylation sites is 1. The fourth-order valence-corrected chi connectivity index (χ4v) is 4.75. The van der Waals surface area contributed by atoms with Crippen LogP contribution in [0.5, 0.6) is 0 Å². The first kappa shape index (κ1) is 15.5. The van der Waals surface area contributed by atoms with Crippen molar-refractivity contribution in [2.24, 2.45) is 0 Å². The first-order valence-corrected chi connectivity index (χ1v) is 9.62. The standard InChI is InChI=1S/C20H18N4OS/c1-13-8-10-23-12-15(21-18(23)11-13)20(25)24-9-4-6-16(24)19-22-14-5-2-3-7-17(14)26-19/h2-3,5,7-8,10-12,16H,4,6,9H2,1H3/t16-/m1/s1. The van der Waals surface area contributed by atoms with Gasteiger partial charge in [-0.2, -0.15) is 0 Å². The average Bonchev–Trinajstić information content (AvgIpc) is 3.36. The molecule has 5 rings (SSSR count). The molecule has 1 aliphatic rings. The number of rotatable bonds is 2. The van der Waals surface area contributed by atoms with Crippen molar-refractivity contribution >= 4 is 33.1 Å². The lowest BCUT2D eigenvalue weighted by molar-refractivity contribution is 0.0730. The van der Waals surface area contributed by atoms with E-state index in [9.17, 15) is 4.79 Å². The van der Waals surface area contributed by atoms with E-state index in [0.717, 1.165) is 41.1 Å². The number of pyridine rings is 1. The highest BCUT2D eigenvalue weighted by atomic mass is 32.1. The van der Waals surface area contributed by atoms with Gasteiger partial charge in [0.05, 0.1) is 16.3 Å². The molecule has 26 heavy (non-hydrogen) atoms. The third-order valence-electron chi connectivity index (χ3n) is 4.94. The summed E-state index contributed by atoms with van der Waals surface area (Å²) in [6.45, 7) is 2.78. The molecule has 3 aromatic heterocycles. The van der Waals surface area contributed by atoms with E-state index in [1.807, 2.05) is 58.9 Å². The van der Waals surface area contributed by atoms with Crippen molar-refractivity contribution < 1.29 is 4.79 Å². The zero-order valence-corrected chi connectivity index (χ0v) is 15.2. The van der Waals surface area contributed by atoms with Crippen molar-refractivity contribution in [3.8, 4) is 0 Å². The van der Waals surface area contributed by atoms with E-state index in [1.54, 1.807) is 11.3 Å². The molecule has 1 aliphatic heterocycles. The summed E-state index contributed by atoms with van der Waals surface area (Å²) in [5.74, 6) is -0.00638. The Hall–Kier alpha value is -2.73. The Kier molecular flexibility index (Phi) is 3.53. The molecule has 1 saturated heterocycles. The third kappa shape index (κ3) is 2.49. The summed E-state index contributed by atoms with van der Waals surface area (Å²) >= 11 is 1.69. The molecule has 5 nitrogen and oxygen atoms in total. The second-order valence-corrected chi connectivity index (χ2v) is 7.83. The largest absolute Gasteiger partial charge is 0.328 e. The van der Waals surface area contributed by atoms with Crippen molar-refractivity contribution in [1.29, 1.82) is 0 Å². The van der Waals surface area contributed by atoms with Gasteiger partial charge in [0.1, 0.15) is 16.3 Å². The second kappa shape index (κ2) is 5.92. The highest BCUT2D eigenvalue weighted by molar-refractivity contribution is 7.18. The molecule has 0 bridgehead atoms.